The van der Waals surface area contributed by atoms with E-state index in [-0.39, 0.29) is 7.12 Å². The van der Waals surface area contributed by atoms with E-state index in [1.54, 1.807) is 0 Å². The molecule has 0 spiro atoms. The standard InChI is InChI=1S/C6H13BO2/c1-7-8-5-3-2-4-6-9-7/h2-6H2,1H3. The minimum atomic E-state index is 0.0188. The lowest BCUT2D eigenvalue weighted by atomic mass is 9.94. The molecule has 0 aromatic rings. The normalized spacial score (nSPS) is 23.0. The maximum absolute atomic E-state index is 5.26. The van der Waals surface area contributed by atoms with Gasteiger partial charge < -0.3 is 9.31 Å². The lowest BCUT2D eigenvalue weighted by Gasteiger charge is -2.13. The molecule has 1 heterocycles. The van der Waals surface area contributed by atoms with Gasteiger partial charge in [-0.25, -0.2) is 0 Å². The van der Waals surface area contributed by atoms with Crippen molar-refractivity contribution in [2.75, 3.05) is 13.2 Å². The van der Waals surface area contributed by atoms with Crippen LogP contribution in [0, 0.1) is 0 Å². The molecule has 0 bridgehead atoms. The summed E-state index contributed by atoms with van der Waals surface area (Å²) in [4.78, 5) is 0. The van der Waals surface area contributed by atoms with E-state index in [1.165, 1.54) is 19.3 Å². The maximum atomic E-state index is 5.26. The number of rotatable bonds is 0. The Labute approximate surface area is 56.7 Å². The molecular formula is C6H13BO2. The predicted molar refractivity (Wildman–Crippen MR) is 37.4 cm³/mol. The fraction of sp³-hybridized carbons (Fsp3) is 1.00. The van der Waals surface area contributed by atoms with Crippen molar-refractivity contribution in [3.8, 4) is 0 Å². The number of hydrogen-bond donors (Lipinski definition) is 0. The Morgan fingerprint density at radius 2 is 1.56 bits per heavy atom. The van der Waals surface area contributed by atoms with Gasteiger partial charge in [-0.3, -0.25) is 0 Å². The Kier molecular flexibility index (Phi) is 3.08. The lowest BCUT2D eigenvalue weighted by Crippen LogP contribution is -2.21. The fourth-order valence-corrected chi connectivity index (χ4v) is 0.928. The van der Waals surface area contributed by atoms with E-state index in [1.807, 2.05) is 6.82 Å². The highest BCUT2D eigenvalue weighted by molar-refractivity contribution is 6.42. The Bertz CT molecular complexity index is 69.5. The van der Waals surface area contributed by atoms with Crippen molar-refractivity contribution >= 4 is 7.12 Å². The summed E-state index contributed by atoms with van der Waals surface area (Å²) in [6, 6.07) is 0. The Balaban J connectivity index is 2.12. The van der Waals surface area contributed by atoms with Gasteiger partial charge in [-0.2, -0.15) is 0 Å². The van der Waals surface area contributed by atoms with Crippen molar-refractivity contribution in [2.45, 2.75) is 26.1 Å². The molecule has 0 saturated carbocycles. The highest BCUT2D eigenvalue weighted by Gasteiger charge is 2.10. The second-order valence-corrected chi connectivity index (χ2v) is 2.37. The van der Waals surface area contributed by atoms with Crippen LogP contribution in [-0.4, -0.2) is 20.3 Å². The predicted octanol–water partition coefficient (Wildman–Crippen LogP) is 1.32. The molecule has 0 aliphatic carbocycles. The van der Waals surface area contributed by atoms with Crippen LogP contribution in [0.3, 0.4) is 0 Å². The fourth-order valence-electron chi connectivity index (χ4n) is 0.928. The summed E-state index contributed by atoms with van der Waals surface area (Å²) in [5.41, 5.74) is 0. The van der Waals surface area contributed by atoms with E-state index >= 15 is 0 Å². The highest BCUT2D eigenvalue weighted by atomic mass is 16.6. The summed E-state index contributed by atoms with van der Waals surface area (Å²) in [6.07, 6.45) is 3.62. The lowest BCUT2D eigenvalue weighted by molar-refractivity contribution is 0.174. The third kappa shape index (κ3) is 2.87. The zero-order chi connectivity index (χ0) is 6.53. The molecule has 1 aliphatic heterocycles. The summed E-state index contributed by atoms with van der Waals surface area (Å²) in [5.74, 6) is 0. The highest BCUT2D eigenvalue weighted by Crippen LogP contribution is 2.03. The third-order valence-electron chi connectivity index (χ3n) is 1.49. The van der Waals surface area contributed by atoms with Crippen LogP contribution in [0.2, 0.25) is 6.82 Å². The van der Waals surface area contributed by atoms with Crippen LogP contribution in [0.5, 0.6) is 0 Å². The van der Waals surface area contributed by atoms with Gasteiger partial charge in [0.1, 0.15) is 0 Å². The van der Waals surface area contributed by atoms with Gasteiger partial charge in [-0.1, -0.05) is 0 Å². The van der Waals surface area contributed by atoms with Crippen LogP contribution >= 0.6 is 0 Å². The summed E-state index contributed by atoms with van der Waals surface area (Å²) >= 11 is 0. The molecule has 0 radical (unpaired) electrons. The Morgan fingerprint density at radius 1 is 1.00 bits per heavy atom. The van der Waals surface area contributed by atoms with Gasteiger partial charge in [0, 0.05) is 13.2 Å². The molecule has 0 unspecified atom stereocenters. The molecule has 0 aromatic heterocycles. The van der Waals surface area contributed by atoms with Gasteiger partial charge in [-0.05, 0) is 26.1 Å². The zero-order valence-electron chi connectivity index (χ0n) is 5.93. The first-order chi connectivity index (χ1) is 4.39. The van der Waals surface area contributed by atoms with Gasteiger partial charge in [0.05, 0.1) is 0 Å². The first-order valence-corrected chi connectivity index (χ1v) is 3.63. The molecule has 1 aliphatic rings. The minimum absolute atomic E-state index is 0.0188. The van der Waals surface area contributed by atoms with Crippen molar-refractivity contribution < 1.29 is 9.31 Å². The van der Waals surface area contributed by atoms with Crippen molar-refractivity contribution in [3.05, 3.63) is 0 Å². The van der Waals surface area contributed by atoms with E-state index in [9.17, 15) is 0 Å². The monoisotopic (exact) mass is 128 g/mol. The summed E-state index contributed by atoms with van der Waals surface area (Å²) in [7, 11) is 0.0188. The molecule has 1 rings (SSSR count). The van der Waals surface area contributed by atoms with Crippen LogP contribution < -0.4 is 0 Å². The van der Waals surface area contributed by atoms with Gasteiger partial charge in [0.2, 0.25) is 0 Å². The van der Waals surface area contributed by atoms with Gasteiger partial charge in [0.15, 0.2) is 0 Å². The summed E-state index contributed by atoms with van der Waals surface area (Å²) in [5, 5.41) is 0. The van der Waals surface area contributed by atoms with Gasteiger partial charge in [0.25, 0.3) is 0 Å². The molecule has 2 nitrogen and oxygen atoms in total. The topological polar surface area (TPSA) is 18.5 Å². The van der Waals surface area contributed by atoms with Crippen LogP contribution in [0.4, 0.5) is 0 Å². The van der Waals surface area contributed by atoms with Crippen LogP contribution in [0.15, 0.2) is 0 Å². The Hall–Kier alpha value is -0.0151. The molecular weight excluding hydrogens is 115 g/mol. The zero-order valence-corrected chi connectivity index (χ0v) is 5.93. The molecule has 0 amide bonds. The third-order valence-corrected chi connectivity index (χ3v) is 1.49. The first-order valence-electron chi connectivity index (χ1n) is 3.63. The molecule has 1 saturated heterocycles. The van der Waals surface area contributed by atoms with Crippen LogP contribution in [0.1, 0.15) is 19.3 Å². The largest absolute Gasteiger partial charge is 0.453 e. The quantitative estimate of drug-likeness (QED) is 0.458. The summed E-state index contributed by atoms with van der Waals surface area (Å²) in [6.45, 7) is 3.67. The van der Waals surface area contributed by atoms with E-state index in [4.69, 9.17) is 9.31 Å². The average molecular weight is 128 g/mol. The van der Waals surface area contributed by atoms with Crippen molar-refractivity contribution in [3.63, 3.8) is 0 Å². The van der Waals surface area contributed by atoms with E-state index in [2.05, 4.69) is 0 Å². The molecule has 0 N–H and O–H groups in total. The van der Waals surface area contributed by atoms with E-state index in [0.29, 0.717) is 0 Å². The minimum Gasteiger partial charge on any atom is -0.411 e. The number of hydrogen-bond acceptors (Lipinski definition) is 2. The van der Waals surface area contributed by atoms with Crippen molar-refractivity contribution in [1.82, 2.24) is 0 Å². The molecule has 0 atom stereocenters. The van der Waals surface area contributed by atoms with E-state index in [0.717, 1.165) is 13.2 Å². The smallest absolute Gasteiger partial charge is 0.411 e. The first kappa shape index (κ1) is 7.10. The SMILES string of the molecule is CB1OCCCCCO1. The molecule has 9 heavy (non-hydrogen) atoms. The molecule has 1 fully saturated rings. The molecule has 52 valence electrons. The van der Waals surface area contributed by atoms with Crippen LogP contribution in [-0.2, 0) is 9.31 Å². The second kappa shape index (κ2) is 3.91. The maximum Gasteiger partial charge on any atom is 0.453 e. The molecule has 0 aromatic carbocycles. The average Bonchev–Trinajstić information content (AvgIpc) is 1.79. The van der Waals surface area contributed by atoms with Gasteiger partial charge in [-0.15, -0.1) is 0 Å². The van der Waals surface area contributed by atoms with Crippen molar-refractivity contribution in [2.24, 2.45) is 0 Å². The Morgan fingerprint density at radius 3 is 2.11 bits per heavy atom. The van der Waals surface area contributed by atoms with Crippen LogP contribution in [0.25, 0.3) is 0 Å². The molecule has 3 heteroatoms. The van der Waals surface area contributed by atoms with E-state index < -0.39 is 0 Å². The second-order valence-electron chi connectivity index (χ2n) is 2.37. The van der Waals surface area contributed by atoms with Crippen molar-refractivity contribution in [1.29, 1.82) is 0 Å². The summed E-state index contributed by atoms with van der Waals surface area (Å²) < 4.78 is 10.5. The van der Waals surface area contributed by atoms with Gasteiger partial charge >= 0.3 is 7.12 Å².